The van der Waals surface area contributed by atoms with Crippen molar-refractivity contribution in [2.45, 2.75) is 26.7 Å². The van der Waals surface area contributed by atoms with Gasteiger partial charge in [0.25, 0.3) is 0 Å². The van der Waals surface area contributed by atoms with Crippen LogP contribution in [0.2, 0.25) is 0 Å². The molecule has 4 nitrogen and oxygen atoms in total. The summed E-state index contributed by atoms with van der Waals surface area (Å²) in [6, 6.07) is 0. The lowest BCUT2D eigenvalue weighted by Gasteiger charge is -2.29. The van der Waals surface area contributed by atoms with Gasteiger partial charge in [-0.15, -0.1) is 6.58 Å². The van der Waals surface area contributed by atoms with Crippen LogP contribution in [0.25, 0.3) is 0 Å². The number of nitrogens with one attached hydrogen (secondary N) is 1. The molecule has 2 N–H and O–H groups in total. The van der Waals surface area contributed by atoms with Gasteiger partial charge in [-0.25, -0.2) is 13.1 Å². The van der Waals surface area contributed by atoms with Gasteiger partial charge in [-0.05, 0) is 12.8 Å². The summed E-state index contributed by atoms with van der Waals surface area (Å²) in [5.41, 5.74) is -0.339. The highest BCUT2D eigenvalue weighted by molar-refractivity contribution is 7.89. The molecule has 0 unspecified atom stereocenters. The quantitative estimate of drug-likeness (QED) is 0.614. The zero-order valence-corrected chi connectivity index (χ0v) is 10.3. The molecule has 0 aliphatic carbocycles. The van der Waals surface area contributed by atoms with Crippen LogP contribution in [0.15, 0.2) is 12.7 Å². The molecule has 90 valence electrons. The van der Waals surface area contributed by atoms with E-state index >= 15 is 0 Å². The first-order valence-electron chi connectivity index (χ1n) is 5.14. The van der Waals surface area contributed by atoms with Crippen LogP contribution in [0, 0.1) is 5.41 Å². The third-order valence-electron chi connectivity index (χ3n) is 2.84. The second-order valence-corrected chi connectivity index (χ2v) is 5.61. The van der Waals surface area contributed by atoms with Crippen molar-refractivity contribution in [3.05, 3.63) is 12.7 Å². The minimum Gasteiger partial charge on any atom is -0.396 e. The molecule has 0 aromatic rings. The number of hydrogen-bond acceptors (Lipinski definition) is 3. The van der Waals surface area contributed by atoms with Crippen molar-refractivity contribution in [2.24, 2.45) is 5.41 Å². The van der Waals surface area contributed by atoms with Crippen molar-refractivity contribution >= 4 is 10.0 Å². The average molecular weight is 235 g/mol. The van der Waals surface area contributed by atoms with Gasteiger partial charge in [-0.3, -0.25) is 0 Å². The third-order valence-corrected chi connectivity index (χ3v) is 4.10. The van der Waals surface area contributed by atoms with Gasteiger partial charge in [0, 0.05) is 18.6 Å². The molecule has 0 aliphatic rings. The molecule has 0 aliphatic heterocycles. The Morgan fingerprint density at radius 2 is 1.93 bits per heavy atom. The lowest BCUT2D eigenvalue weighted by Crippen LogP contribution is -2.40. The highest BCUT2D eigenvalue weighted by Gasteiger charge is 2.26. The topological polar surface area (TPSA) is 66.4 Å². The second-order valence-electron chi connectivity index (χ2n) is 3.76. The minimum absolute atomic E-state index is 0.00336. The SMILES string of the molecule is C=CCS(=O)(=O)NCC(CC)(CC)CO. The zero-order chi connectivity index (χ0) is 11.9. The van der Waals surface area contributed by atoms with Crippen molar-refractivity contribution in [3.63, 3.8) is 0 Å². The standard InChI is InChI=1S/C10H21NO3S/c1-4-7-15(13,14)11-8-10(5-2,6-3)9-12/h4,11-12H,1,5-9H2,2-3H3. The molecule has 0 aromatic carbocycles. The summed E-state index contributed by atoms with van der Waals surface area (Å²) in [4.78, 5) is 0. The first-order chi connectivity index (χ1) is 6.95. The summed E-state index contributed by atoms with van der Waals surface area (Å²) in [6.07, 6.45) is 2.84. The van der Waals surface area contributed by atoms with E-state index in [9.17, 15) is 13.5 Å². The van der Waals surface area contributed by atoms with E-state index < -0.39 is 10.0 Å². The molecule has 15 heavy (non-hydrogen) atoms. The molecule has 0 heterocycles. The van der Waals surface area contributed by atoms with Crippen molar-refractivity contribution in [2.75, 3.05) is 18.9 Å². The van der Waals surface area contributed by atoms with Crippen LogP contribution in [0.1, 0.15) is 26.7 Å². The highest BCUT2D eigenvalue weighted by Crippen LogP contribution is 2.24. The average Bonchev–Trinajstić information content (AvgIpc) is 2.21. The minimum atomic E-state index is -3.27. The van der Waals surface area contributed by atoms with Gasteiger partial charge in [-0.1, -0.05) is 19.9 Å². The fraction of sp³-hybridized carbons (Fsp3) is 0.800. The molecule has 0 amide bonds. The van der Waals surface area contributed by atoms with Gasteiger partial charge in [0.2, 0.25) is 10.0 Å². The largest absolute Gasteiger partial charge is 0.396 e. The molecule has 0 atom stereocenters. The number of sulfonamides is 1. The lowest BCUT2D eigenvalue weighted by molar-refractivity contribution is 0.119. The molecule has 5 heteroatoms. The second kappa shape index (κ2) is 6.25. The summed E-state index contributed by atoms with van der Waals surface area (Å²) >= 11 is 0. The fourth-order valence-electron chi connectivity index (χ4n) is 1.26. The number of aliphatic hydroxyl groups excluding tert-OH is 1. The maximum atomic E-state index is 11.4. The van der Waals surface area contributed by atoms with Crippen LogP contribution < -0.4 is 4.72 Å². The summed E-state index contributed by atoms with van der Waals surface area (Å²) in [7, 11) is -3.27. The zero-order valence-electron chi connectivity index (χ0n) is 9.49. The normalized spacial score (nSPS) is 12.7. The Labute approximate surface area is 92.4 Å². The van der Waals surface area contributed by atoms with Crippen LogP contribution in [0.3, 0.4) is 0 Å². The van der Waals surface area contributed by atoms with Gasteiger partial charge in [0.15, 0.2) is 0 Å². The summed E-state index contributed by atoms with van der Waals surface area (Å²) in [5.74, 6) is -0.0814. The van der Waals surface area contributed by atoms with Crippen molar-refractivity contribution in [1.29, 1.82) is 0 Å². The van der Waals surface area contributed by atoms with Crippen molar-refractivity contribution in [3.8, 4) is 0 Å². The Hall–Kier alpha value is -0.390. The summed E-state index contributed by atoms with van der Waals surface area (Å²) in [5, 5.41) is 9.25. The van der Waals surface area contributed by atoms with Gasteiger partial charge in [0.1, 0.15) is 0 Å². The van der Waals surface area contributed by atoms with E-state index in [1.807, 2.05) is 13.8 Å². The predicted molar refractivity (Wildman–Crippen MR) is 62.1 cm³/mol. The maximum Gasteiger partial charge on any atom is 0.215 e. The maximum absolute atomic E-state index is 11.4. The lowest BCUT2D eigenvalue weighted by atomic mass is 9.84. The number of aliphatic hydroxyl groups is 1. The summed E-state index contributed by atoms with van der Waals surface area (Å²) in [6.45, 7) is 7.56. The summed E-state index contributed by atoms with van der Waals surface area (Å²) < 4.78 is 25.2. The molecule has 0 radical (unpaired) electrons. The Kier molecular flexibility index (Phi) is 6.09. The van der Waals surface area contributed by atoms with E-state index in [-0.39, 0.29) is 24.3 Å². The Bertz CT molecular complexity index is 273. The Balaban J connectivity index is 4.40. The monoisotopic (exact) mass is 235 g/mol. The van der Waals surface area contributed by atoms with E-state index in [1.54, 1.807) is 0 Å². The molecule has 0 saturated carbocycles. The molecule has 0 aromatic heterocycles. The molecular weight excluding hydrogens is 214 g/mol. The molecule has 0 saturated heterocycles. The molecule has 0 spiro atoms. The highest BCUT2D eigenvalue weighted by atomic mass is 32.2. The molecular formula is C10H21NO3S. The van der Waals surface area contributed by atoms with E-state index in [1.165, 1.54) is 6.08 Å². The fourth-order valence-corrected chi connectivity index (χ4v) is 2.21. The van der Waals surface area contributed by atoms with Crippen LogP contribution in [0.5, 0.6) is 0 Å². The number of rotatable bonds is 8. The van der Waals surface area contributed by atoms with Gasteiger partial charge in [-0.2, -0.15) is 0 Å². The van der Waals surface area contributed by atoms with Crippen LogP contribution in [-0.2, 0) is 10.0 Å². The van der Waals surface area contributed by atoms with Gasteiger partial charge >= 0.3 is 0 Å². The van der Waals surface area contributed by atoms with Crippen LogP contribution in [0.4, 0.5) is 0 Å². The molecule has 0 rings (SSSR count). The Morgan fingerprint density at radius 3 is 2.27 bits per heavy atom. The van der Waals surface area contributed by atoms with E-state index in [0.717, 1.165) is 12.8 Å². The first-order valence-corrected chi connectivity index (χ1v) is 6.79. The predicted octanol–water partition coefficient (Wildman–Crippen LogP) is 0.890. The molecule has 0 fully saturated rings. The van der Waals surface area contributed by atoms with Gasteiger partial charge < -0.3 is 5.11 Å². The van der Waals surface area contributed by atoms with Crippen molar-refractivity contribution < 1.29 is 13.5 Å². The van der Waals surface area contributed by atoms with Crippen LogP contribution in [-0.4, -0.2) is 32.4 Å². The third kappa shape index (κ3) is 4.77. The Morgan fingerprint density at radius 1 is 1.40 bits per heavy atom. The molecule has 0 bridgehead atoms. The first kappa shape index (κ1) is 14.6. The number of hydrogen-bond donors (Lipinski definition) is 2. The van der Waals surface area contributed by atoms with Crippen molar-refractivity contribution in [1.82, 2.24) is 4.72 Å². The smallest absolute Gasteiger partial charge is 0.215 e. The van der Waals surface area contributed by atoms with E-state index in [0.29, 0.717) is 0 Å². The van der Waals surface area contributed by atoms with E-state index in [2.05, 4.69) is 11.3 Å². The van der Waals surface area contributed by atoms with Gasteiger partial charge in [0.05, 0.1) is 5.75 Å². The van der Waals surface area contributed by atoms with Crippen LogP contribution >= 0.6 is 0 Å². The van der Waals surface area contributed by atoms with E-state index in [4.69, 9.17) is 0 Å².